The third-order valence-electron chi connectivity index (χ3n) is 3.53. The topological polar surface area (TPSA) is 67.3 Å². The molecule has 0 amide bonds. The van der Waals surface area contributed by atoms with Crippen LogP contribution in [0.15, 0.2) is 35.0 Å². The minimum atomic E-state index is 0.817. The number of thiophene rings is 2. The van der Waals surface area contributed by atoms with Gasteiger partial charge in [0.1, 0.15) is 16.6 Å². The first-order valence-corrected chi connectivity index (χ1v) is 9.03. The summed E-state index contributed by atoms with van der Waals surface area (Å²) in [5.74, 6) is 0. The summed E-state index contributed by atoms with van der Waals surface area (Å²) in [6.07, 6.45) is 0. The summed E-state index contributed by atoms with van der Waals surface area (Å²) in [6.45, 7) is 0. The Morgan fingerprint density at radius 1 is 0.818 bits per heavy atom. The zero-order chi connectivity index (χ0) is 14.5. The Labute approximate surface area is 136 Å². The molecule has 22 heavy (non-hydrogen) atoms. The van der Waals surface area contributed by atoms with Gasteiger partial charge < -0.3 is 0 Å². The van der Waals surface area contributed by atoms with E-state index in [4.69, 9.17) is 0 Å². The third kappa shape index (κ3) is 1.62. The maximum atomic E-state index is 4.58. The molecule has 1 N–H and O–H groups in total. The summed E-state index contributed by atoms with van der Waals surface area (Å²) < 4.78 is 7.88. The highest BCUT2D eigenvalue weighted by molar-refractivity contribution is 7.14. The van der Waals surface area contributed by atoms with Gasteiger partial charge in [-0.15, -0.1) is 32.9 Å². The van der Waals surface area contributed by atoms with Gasteiger partial charge in [0, 0.05) is 27.0 Å². The summed E-state index contributed by atoms with van der Waals surface area (Å²) >= 11 is 4.70. The summed E-state index contributed by atoms with van der Waals surface area (Å²) in [7, 11) is 0. The highest BCUT2D eigenvalue weighted by Gasteiger charge is 2.22. The van der Waals surface area contributed by atoms with Gasteiger partial charge in [0.25, 0.3) is 0 Å². The van der Waals surface area contributed by atoms with Gasteiger partial charge in [0.15, 0.2) is 0 Å². The molecule has 0 spiro atoms. The number of nitrogens with one attached hydrogen (secondary N) is 1. The Morgan fingerprint density at radius 3 is 2.18 bits per heavy atom. The minimum absolute atomic E-state index is 0.817. The number of rotatable bonds is 2. The molecule has 0 fully saturated rings. The van der Waals surface area contributed by atoms with Gasteiger partial charge in [-0.2, -0.15) is 4.37 Å². The molecule has 0 radical (unpaired) electrons. The maximum absolute atomic E-state index is 4.58. The lowest BCUT2D eigenvalue weighted by atomic mass is 10.0. The smallest absolute Gasteiger partial charge is 0.127 e. The van der Waals surface area contributed by atoms with Gasteiger partial charge >= 0.3 is 0 Å². The predicted octanol–water partition coefficient (Wildman–Crippen LogP) is 4.42. The molecular formula is C14H7N5S3. The molecule has 8 heteroatoms. The van der Waals surface area contributed by atoms with Crippen LogP contribution in [0.4, 0.5) is 0 Å². The van der Waals surface area contributed by atoms with E-state index in [2.05, 4.69) is 47.1 Å². The first kappa shape index (κ1) is 12.4. The van der Waals surface area contributed by atoms with Crippen LogP contribution in [0.5, 0.6) is 0 Å². The molecule has 1 aromatic carbocycles. The largest absolute Gasteiger partial charge is 0.293 e. The SMILES string of the molecule is c1csc(-c2c3nnnc3c(-c3cccs3)c3[nH]snc23)c1. The van der Waals surface area contributed by atoms with Crippen LogP contribution in [-0.2, 0) is 0 Å². The zero-order valence-corrected chi connectivity index (χ0v) is 13.4. The molecule has 106 valence electrons. The van der Waals surface area contributed by atoms with Crippen LogP contribution in [0, 0.1) is 0 Å². The Morgan fingerprint density at radius 2 is 1.50 bits per heavy atom. The molecule has 5 nitrogen and oxygen atoms in total. The first-order chi connectivity index (χ1) is 10.9. The van der Waals surface area contributed by atoms with Crippen LogP contribution in [0.3, 0.4) is 0 Å². The zero-order valence-electron chi connectivity index (χ0n) is 11.0. The number of H-pyrrole nitrogens is 1. The molecule has 0 unspecified atom stereocenters. The van der Waals surface area contributed by atoms with Crippen molar-refractivity contribution >= 4 is 56.5 Å². The lowest BCUT2D eigenvalue weighted by Gasteiger charge is -2.05. The fourth-order valence-corrected chi connectivity index (χ4v) is 4.80. The average Bonchev–Trinajstić information content (AvgIpc) is 3.29. The first-order valence-electron chi connectivity index (χ1n) is 6.50. The number of benzene rings is 1. The Kier molecular flexibility index (Phi) is 2.63. The van der Waals surface area contributed by atoms with Crippen molar-refractivity contribution in [2.45, 2.75) is 0 Å². The van der Waals surface area contributed by atoms with Gasteiger partial charge in [-0.1, -0.05) is 12.1 Å². The van der Waals surface area contributed by atoms with Gasteiger partial charge in [0.05, 0.1) is 11.1 Å². The summed E-state index contributed by atoms with van der Waals surface area (Å²) in [4.78, 5) is 2.28. The summed E-state index contributed by atoms with van der Waals surface area (Å²) in [5.41, 5.74) is 5.64. The van der Waals surface area contributed by atoms with Crippen molar-refractivity contribution in [2.24, 2.45) is 0 Å². The standard InChI is InChI=1S/C14H7N5S3/c1-3-7(20-5-1)9-11-12(16-19-15-11)10(8-4-2-6-21-8)14-13(9)17-22-18-14/h1-6,17H. The highest BCUT2D eigenvalue weighted by atomic mass is 32.1. The Balaban J connectivity index is 2.02. The Bertz CT molecular complexity index is 938. The molecule has 4 aromatic heterocycles. The number of fused-ring (bicyclic) bond motifs is 2. The lowest BCUT2D eigenvalue weighted by Crippen LogP contribution is -1.87. The van der Waals surface area contributed by atoms with Crippen LogP contribution >= 0.6 is 34.4 Å². The third-order valence-corrected chi connectivity index (χ3v) is 5.87. The van der Waals surface area contributed by atoms with E-state index in [9.17, 15) is 0 Å². The molecule has 0 atom stereocenters. The van der Waals surface area contributed by atoms with Crippen LogP contribution in [0.25, 0.3) is 42.9 Å². The van der Waals surface area contributed by atoms with Crippen molar-refractivity contribution in [3.8, 4) is 20.9 Å². The Hall–Kier alpha value is -2.16. The maximum Gasteiger partial charge on any atom is 0.127 e. The van der Waals surface area contributed by atoms with E-state index in [1.54, 1.807) is 22.7 Å². The van der Waals surface area contributed by atoms with E-state index < -0.39 is 0 Å². The number of aromatic amines is 1. The fourth-order valence-electron chi connectivity index (χ4n) is 2.64. The molecule has 0 aliphatic heterocycles. The molecule has 5 aromatic rings. The van der Waals surface area contributed by atoms with Crippen LogP contribution in [0.1, 0.15) is 0 Å². The second-order valence-electron chi connectivity index (χ2n) is 4.70. The monoisotopic (exact) mass is 341 g/mol. The number of hydrogen-bond acceptors (Lipinski definition) is 7. The molecule has 0 bridgehead atoms. The van der Waals surface area contributed by atoms with Crippen LogP contribution in [0.2, 0.25) is 0 Å². The van der Waals surface area contributed by atoms with Gasteiger partial charge in [0.2, 0.25) is 0 Å². The van der Waals surface area contributed by atoms with Crippen molar-refractivity contribution in [1.29, 1.82) is 0 Å². The predicted molar refractivity (Wildman–Crippen MR) is 91.5 cm³/mol. The van der Waals surface area contributed by atoms with E-state index in [0.29, 0.717) is 0 Å². The number of hydrogen-bond donors (Lipinski definition) is 1. The molecule has 0 aliphatic rings. The second-order valence-corrected chi connectivity index (χ2v) is 7.16. The van der Waals surface area contributed by atoms with Crippen molar-refractivity contribution < 1.29 is 0 Å². The molecule has 0 aliphatic carbocycles. The average molecular weight is 341 g/mol. The van der Waals surface area contributed by atoms with Crippen molar-refractivity contribution in [3.05, 3.63) is 35.0 Å². The van der Waals surface area contributed by atoms with E-state index >= 15 is 0 Å². The van der Waals surface area contributed by atoms with Gasteiger partial charge in [-0.25, -0.2) is 0 Å². The molecular weight excluding hydrogens is 334 g/mol. The molecule has 0 saturated carbocycles. The molecule has 0 saturated heterocycles. The number of nitrogens with zero attached hydrogens (tertiary/aromatic N) is 4. The van der Waals surface area contributed by atoms with Crippen LogP contribution in [-0.4, -0.2) is 24.2 Å². The van der Waals surface area contributed by atoms with E-state index in [0.717, 1.165) is 42.9 Å². The van der Waals surface area contributed by atoms with E-state index in [-0.39, 0.29) is 0 Å². The minimum Gasteiger partial charge on any atom is -0.293 e. The van der Waals surface area contributed by atoms with Crippen LogP contribution < -0.4 is 0 Å². The van der Waals surface area contributed by atoms with E-state index in [1.807, 2.05) is 12.1 Å². The second kappa shape index (κ2) is 4.67. The lowest BCUT2D eigenvalue weighted by molar-refractivity contribution is 0.960. The van der Waals surface area contributed by atoms with Gasteiger partial charge in [-0.05, 0) is 28.1 Å². The van der Waals surface area contributed by atoms with Gasteiger partial charge in [-0.3, -0.25) is 4.37 Å². The molecule has 4 heterocycles. The van der Waals surface area contributed by atoms with E-state index in [1.165, 1.54) is 11.7 Å². The quantitative estimate of drug-likeness (QED) is 0.516. The fraction of sp³-hybridized carbons (Fsp3) is 0. The summed E-state index contributed by atoms with van der Waals surface area (Å²) in [5, 5.41) is 16.6. The normalized spacial score (nSPS) is 11.6. The number of aromatic nitrogens is 5. The van der Waals surface area contributed by atoms with Crippen molar-refractivity contribution in [3.63, 3.8) is 0 Å². The van der Waals surface area contributed by atoms with Crippen molar-refractivity contribution in [2.75, 3.05) is 0 Å². The highest BCUT2D eigenvalue weighted by Crippen LogP contribution is 2.43. The summed E-state index contributed by atoms with van der Waals surface area (Å²) in [6, 6.07) is 8.24. The van der Waals surface area contributed by atoms with Crippen molar-refractivity contribution in [1.82, 2.24) is 24.2 Å². The molecule has 5 rings (SSSR count).